The van der Waals surface area contributed by atoms with Crippen LogP contribution in [0.5, 0.6) is 5.75 Å². The zero-order valence-electron chi connectivity index (χ0n) is 17.5. The van der Waals surface area contributed by atoms with Gasteiger partial charge in [-0.25, -0.2) is 0 Å². The second-order valence-electron chi connectivity index (χ2n) is 8.25. The zero-order chi connectivity index (χ0) is 20.9. The van der Waals surface area contributed by atoms with Crippen molar-refractivity contribution < 1.29 is 14.3 Å². The predicted octanol–water partition coefficient (Wildman–Crippen LogP) is 3.56. The molecule has 1 aromatic carbocycles. The van der Waals surface area contributed by atoms with Crippen molar-refractivity contribution in [1.29, 1.82) is 0 Å². The normalized spacial score (nSPS) is 19.0. The summed E-state index contributed by atoms with van der Waals surface area (Å²) in [5.41, 5.74) is 2.16. The van der Waals surface area contributed by atoms with Crippen LogP contribution in [0.15, 0.2) is 42.6 Å². The minimum Gasteiger partial charge on any atom is -0.492 e. The summed E-state index contributed by atoms with van der Waals surface area (Å²) < 4.78 is 6.11. The lowest BCUT2D eigenvalue weighted by Gasteiger charge is -2.32. The van der Waals surface area contributed by atoms with E-state index in [9.17, 15) is 9.59 Å². The lowest BCUT2D eigenvalue weighted by atomic mass is 9.98. The smallest absolute Gasteiger partial charge is 0.257 e. The van der Waals surface area contributed by atoms with E-state index < -0.39 is 0 Å². The summed E-state index contributed by atoms with van der Waals surface area (Å²) in [5, 5.41) is 0. The number of benzene rings is 1. The Morgan fingerprint density at radius 1 is 1.00 bits per heavy atom. The number of pyridine rings is 1. The van der Waals surface area contributed by atoms with E-state index in [4.69, 9.17) is 4.74 Å². The molecule has 6 heteroatoms. The Bertz CT molecular complexity index is 891. The molecular formula is C24H29N3O3. The summed E-state index contributed by atoms with van der Waals surface area (Å²) in [4.78, 5) is 33.7. The summed E-state index contributed by atoms with van der Waals surface area (Å²) >= 11 is 0. The lowest BCUT2D eigenvalue weighted by Crippen LogP contribution is -2.41. The van der Waals surface area contributed by atoms with Gasteiger partial charge in [0.25, 0.3) is 11.8 Å². The number of aryl methyl sites for hydroxylation is 1. The summed E-state index contributed by atoms with van der Waals surface area (Å²) in [6.45, 7) is 5.47. The van der Waals surface area contributed by atoms with Crippen LogP contribution in [-0.4, -0.2) is 59.4 Å². The van der Waals surface area contributed by atoms with Crippen molar-refractivity contribution in [1.82, 2.24) is 14.8 Å². The highest BCUT2D eigenvalue weighted by atomic mass is 16.5. The van der Waals surface area contributed by atoms with E-state index in [1.165, 1.54) is 0 Å². The van der Waals surface area contributed by atoms with Crippen molar-refractivity contribution in [2.45, 2.75) is 32.6 Å². The predicted molar refractivity (Wildman–Crippen MR) is 115 cm³/mol. The number of amides is 2. The van der Waals surface area contributed by atoms with Gasteiger partial charge in [-0.1, -0.05) is 12.1 Å². The number of ether oxygens (including phenoxy) is 1. The zero-order valence-corrected chi connectivity index (χ0v) is 17.5. The third kappa shape index (κ3) is 4.64. The Hall–Kier alpha value is -2.89. The summed E-state index contributed by atoms with van der Waals surface area (Å²) in [6.07, 6.45) is 5.75. The van der Waals surface area contributed by atoms with Gasteiger partial charge >= 0.3 is 0 Å². The van der Waals surface area contributed by atoms with Gasteiger partial charge in [-0.3, -0.25) is 14.6 Å². The molecule has 2 fully saturated rings. The SMILES string of the molecule is Cc1ccc(C(=O)N2CCCC(COc3ccccc3C(=O)N3CCCC3)C2)cn1. The van der Waals surface area contributed by atoms with Crippen LogP contribution in [0, 0.1) is 12.8 Å². The molecular weight excluding hydrogens is 378 g/mol. The first-order valence-corrected chi connectivity index (χ1v) is 10.8. The van der Waals surface area contributed by atoms with Crippen molar-refractivity contribution >= 4 is 11.8 Å². The van der Waals surface area contributed by atoms with E-state index in [1.807, 2.05) is 53.1 Å². The molecule has 6 nitrogen and oxygen atoms in total. The average Bonchev–Trinajstić information content (AvgIpc) is 3.33. The van der Waals surface area contributed by atoms with Crippen molar-refractivity contribution in [3.8, 4) is 5.75 Å². The van der Waals surface area contributed by atoms with E-state index in [0.29, 0.717) is 30.0 Å². The van der Waals surface area contributed by atoms with Crippen LogP contribution in [-0.2, 0) is 0 Å². The van der Waals surface area contributed by atoms with E-state index in [1.54, 1.807) is 6.20 Å². The maximum Gasteiger partial charge on any atom is 0.257 e. The fourth-order valence-corrected chi connectivity index (χ4v) is 4.23. The van der Waals surface area contributed by atoms with Crippen molar-refractivity contribution in [3.05, 3.63) is 59.4 Å². The Morgan fingerprint density at radius 2 is 1.77 bits per heavy atom. The van der Waals surface area contributed by atoms with Crippen LogP contribution >= 0.6 is 0 Å². The number of carbonyl (C=O) groups excluding carboxylic acids is 2. The van der Waals surface area contributed by atoms with Crippen molar-refractivity contribution in [2.75, 3.05) is 32.8 Å². The quantitative estimate of drug-likeness (QED) is 0.760. The maximum absolute atomic E-state index is 12.8. The molecule has 0 N–H and O–H groups in total. The summed E-state index contributed by atoms with van der Waals surface area (Å²) in [7, 11) is 0. The Balaban J connectivity index is 1.38. The molecule has 2 amide bonds. The van der Waals surface area contributed by atoms with Gasteiger partial charge in [0.15, 0.2) is 0 Å². The van der Waals surface area contributed by atoms with Gasteiger partial charge in [0.2, 0.25) is 0 Å². The number of aromatic nitrogens is 1. The molecule has 2 aliphatic heterocycles. The number of nitrogens with zero attached hydrogens (tertiary/aromatic N) is 3. The molecule has 0 spiro atoms. The molecule has 1 aromatic heterocycles. The molecule has 30 heavy (non-hydrogen) atoms. The number of piperidine rings is 1. The van der Waals surface area contributed by atoms with Gasteiger partial charge in [-0.05, 0) is 56.9 Å². The minimum atomic E-state index is 0.0248. The fraction of sp³-hybridized carbons (Fsp3) is 0.458. The first kappa shape index (κ1) is 20.4. The number of hydrogen-bond donors (Lipinski definition) is 0. The number of likely N-dealkylation sites (tertiary alicyclic amines) is 2. The second kappa shape index (κ2) is 9.28. The molecule has 0 radical (unpaired) electrons. The number of para-hydroxylation sites is 1. The Kier molecular flexibility index (Phi) is 6.31. The maximum atomic E-state index is 12.8. The monoisotopic (exact) mass is 407 g/mol. The highest BCUT2D eigenvalue weighted by Gasteiger charge is 2.26. The van der Waals surface area contributed by atoms with Crippen molar-refractivity contribution in [2.24, 2.45) is 5.92 Å². The Morgan fingerprint density at radius 3 is 2.53 bits per heavy atom. The fourth-order valence-electron chi connectivity index (χ4n) is 4.23. The van der Waals surface area contributed by atoms with E-state index in [2.05, 4.69) is 4.98 Å². The van der Waals surface area contributed by atoms with Crippen LogP contribution in [0.1, 0.15) is 52.1 Å². The van der Waals surface area contributed by atoms with Crippen LogP contribution in [0.3, 0.4) is 0 Å². The highest BCUT2D eigenvalue weighted by Crippen LogP contribution is 2.25. The molecule has 0 bridgehead atoms. The van der Waals surface area contributed by atoms with Crippen LogP contribution < -0.4 is 4.74 Å². The molecule has 2 saturated heterocycles. The van der Waals surface area contributed by atoms with Gasteiger partial charge in [-0.15, -0.1) is 0 Å². The standard InChI is InChI=1S/C24H29N3O3/c1-18-10-11-20(15-25-18)23(28)27-14-6-7-19(16-27)17-30-22-9-3-2-8-21(22)24(29)26-12-4-5-13-26/h2-3,8-11,15,19H,4-7,12-14,16-17H2,1H3. The van der Waals surface area contributed by atoms with Gasteiger partial charge in [0.1, 0.15) is 5.75 Å². The molecule has 0 aliphatic carbocycles. The topological polar surface area (TPSA) is 62.7 Å². The summed E-state index contributed by atoms with van der Waals surface area (Å²) in [6, 6.07) is 11.2. The third-order valence-corrected chi connectivity index (χ3v) is 5.95. The molecule has 2 aliphatic rings. The molecule has 1 unspecified atom stereocenters. The lowest BCUT2D eigenvalue weighted by molar-refractivity contribution is 0.0632. The van der Waals surface area contributed by atoms with E-state index >= 15 is 0 Å². The van der Waals surface area contributed by atoms with E-state index in [-0.39, 0.29) is 17.7 Å². The largest absolute Gasteiger partial charge is 0.492 e. The van der Waals surface area contributed by atoms with Gasteiger partial charge in [0, 0.05) is 44.0 Å². The van der Waals surface area contributed by atoms with Crippen LogP contribution in [0.4, 0.5) is 0 Å². The van der Waals surface area contributed by atoms with Gasteiger partial charge in [0.05, 0.1) is 17.7 Å². The molecule has 4 rings (SSSR count). The van der Waals surface area contributed by atoms with Crippen LogP contribution in [0.25, 0.3) is 0 Å². The molecule has 0 saturated carbocycles. The van der Waals surface area contributed by atoms with Crippen molar-refractivity contribution in [3.63, 3.8) is 0 Å². The minimum absolute atomic E-state index is 0.0248. The summed E-state index contributed by atoms with van der Waals surface area (Å²) in [5.74, 6) is 0.962. The molecule has 2 aromatic rings. The van der Waals surface area contributed by atoms with Gasteiger partial charge < -0.3 is 14.5 Å². The third-order valence-electron chi connectivity index (χ3n) is 5.95. The number of carbonyl (C=O) groups is 2. The van der Waals surface area contributed by atoms with Crippen LogP contribution in [0.2, 0.25) is 0 Å². The highest BCUT2D eigenvalue weighted by molar-refractivity contribution is 5.97. The number of hydrogen-bond acceptors (Lipinski definition) is 4. The molecule has 158 valence electrons. The average molecular weight is 408 g/mol. The van der Waals surface area contributed by atoms with E-state index in [0.717, 1.165) is 51.0 Å². The second-order valence-corrected chi connectivity index (χ2v) is 8.25. The molecule has 1 atom stereocenters. The first-order chi connectivity index (χ1) is 14.6. The van der Waals surface area contributed by atoms with Gasteiger partial charge in [-0.2, -0.15) is 0 Å². The molecule has 3 heterocycles. The Labute approximate surface area is 177 Å². The first-order valence-electron chi connectivity index (χ1n) is 10.8. The number of rotatable bonds is 5.